The Morgan fingerprint density at radius 2 is 2.26 bits per heavy atom. The van der Waals surface area contributed by atoms with Crippen LogP contribution in [0.2, 0.25) is 0 Å². The molecule has 1 aromatic carbocycles. The summed E-state index contributed by atoms with van der Waals surface area (Å²) in [5.41, 5.74) is 1.42. The largest absolute Gasteiger partial charge is 0.352 e. The maximum absolute atomic E-state index is 13.3. The van der Waals surface area contributed by atoms with E-state index in [0.717, 1.165) is 12.1 Å². The number of carbonyl (C=O) groups excluding carboxylic acids is 1. The number of halogens is 1. The SMILES string of the molecule is Cn1cc(C(=O)NCC2CCC2)c2cc(F)ccc21. The van der Waals surface area contributed by atoms with Gasteiger partial charge >= 0.3 is 0 Å². The summed E-state index contributed by atoms with van der Waals surface area (Å²) in [5.74, 6) is 0.200. The number of fused-ring (bicyclic) bond motifs is 1. The number of hydrogen-bond acceptors (Lipinski definition) is 1. The second kappa shape index (κ2) is 4.68. The van der Waals surface area contributed by atoms with Gasteiger partial charge in [0.05, 0.1) is 5.56 Å². The summed E-state index contributed by atoms with van der Waals surface area (Å²) in [7, 11) is 1.86. The quantitative estimate of drug-likeness (QED) is 0.904. The number of carbonyl (C=O) groups is 1. The highest BCUT2D eigenvalue weighted by molar-refractivity contribution is 6.07. The van der Waals surface area contributed by atoms with Gasteiger partial charge in [-0.05, 0) is 37.0 Å². The second-order valence-corrected chi connectivity index (χ2v) is 5.32. The molecule has 2 aromatic rings. The van der Waals surface area contributed by atoms with Crippen LogP contribution in [-0.2, 0) is 7.05 Å². The molecule has 1 fully saturated rings. The van der Waals surface area contributed by atoms with Gasteiger partial charge in [-0.15, -0.1) is 0 Å². The van der Waals surface area contributed by atoms with Crippen molar-refractivity contribution in [2.75, 3.05) is 6.54 Å². The monoisotopic (exact) mass is 260 g/mol. The fraction of sp³-hybridized carbons (Fsp3) is 0.400. The number of nitrogens with one attached hydrogen (secondary N) is 1. The molecule has 0 spiro atoms. The molecule has 0 saturated heterocycles. The molecule has 19 heavy (non-hydrogen) atoms. The zero-order valence-electron chi connectivity index (χ0n) is 10.9. The molecule has 1 N–H and O–H groups in total. The van der Waals surface area contributed by atoms with Gasteiger partial charge in [-0.25, -0.2) is 4.39 Å². The maximum atomic E-state index is 13.3. The summed E-state index contributed by atoms with van der Waals surface area (Å²) in [6.07, 6.45) is 5.43. The summed E-state index contributed by atoms with van der Waals surface area (Å²) in [6, 6.07) is 4.54. The topological polar surface area (TPSA) is 34.0 Å². The predicted octanol–water partition coefficient (Wildman–Crippen LogP) is 2.85. The van der Waals surface area contributed by atoms with Crippen molar-refractivity contribution in [1.29, 1.82) is 0 Å². The summed E-state index contributed by atoms with van der Waals surface area (Å²) >= 11 is 0. The molecule has 100 valence electrons. The number of nitrogens with zero attached hydrogens (tertiary/aromatic N) is 1. The first-order chi connectivity index (χ1) is 9.15. The highest BCUT2D eigenvalue weighted by atomic mass is 19.1. The van der Waals surface area contributed by atoms with E-state index in [1.165, 1.54) is 31.4 Å². The van der Waals surface area contributed by atoms with Gasteiger partial charge in [-0.3, -0.25) is 4.79 Å². The fourth-order valence-electron chi connectivity index (χ4n) is 2.57. The molecule has 4 heteroatoms. The summed E-state index contributed by atoms with van der Waals surface area (Å²) in [6.45, 7) is 0.727. The first-order valence-corrected chi connectivity index (χ1v) is 6.68. The Kier molecular flexibility index (Phi) is 3.01. The smallest absolute Gasteiger partial charge is 0.253 e. The molecule has 1 amide bonds. The lowest BCUT2D eigenvalue weighted by molar-refractivity contribution is 0.0940. The molecule has 0 unspecified atom stereocenters. The van der Waals surface area contributed by atoms with E-state index in [1.54, 1.807) is 12.3 Å². The molecule has 0 radical (unpaired) electrons. The van der Waals surface area contributed by atoms with E-state index in [9.17, 15) is 9.18 Å². The van der Waals surface area contributed by atoms with Crippen LogP contribution in [0.4, 0.5) is 4.39 Å². The Labute approximate surface area is 111 Å². The van der Waals surface area contributed by atoms with E-state index in [2.05, 4.69) is 5.32 Å². The Morgan fingerprint density at radius 3 is 2.95 bits per heavy atom. The van der Waals surface area contributed by atoms with Crippen LogP contribution in [0.5, 0.6) is 0 Å². The minimum atomic E-state index is -0.313. The van der Waals surface area contributed by atoms with Gasteiger partial charge in [-0.2, -0.15) is 0 Å². The zero-order valence-corrected chi connectivity index (χ0v) is 10.9. The van der Waals surface area contributed by atoms with Crippen molar-refractivity contribution in [3.8, 4) is 0 Å². The Balaban J connectivity index is 1.86. The van der Waals surface area contributed by atoms with E-state index in [1.807, 2.05) is 11.6 Å². The number of rotatable bonds is 3. The third kappa shape index (κ3) is 2.23. The van der Waals surface area contributed by atoms with E-state index in [-0.39, 0.29) is 11.7 Å². The lowest BCUT2D eigenvalue weighted by Gasteiger charge is -2.25. The molecule has 3 rings (SSSR count). The number of aryl methyl sites for hydroxylation is 1. The lowest BCUT2D eigenvalue weighted by atomic mass is 9.85. The van der Waals surface area contributed by atoms with Crippen molar-refractivity contribution in [2.45, 2.75) is 19.3 Å². The van der Waals surface area contributed by atoms with Gasteiger partial charge in [0.15, 0.2) is 0 Å². The molecule has 1 aliphatic carbocycles. The molecular weight excluding hydrogens is 243 g/mol. The lowest BCUT2D eigenvalue weighted by Crippen LogP contribution is -2.32. The van der Waals surface area contributed by atoms with E-state index >= 15 is 0 Å². The third-order valence-electron chi connectivity index (χ3n) is 3.97. The van der Waals surface area contributed by atoms with E-state index in [4.69, 9.17) is 0 Å². The van der Waals surface area contributed by atoms with Crippen LogP contribution >= 0.6 is 0 Å². The number of benzene rings is 1. The van der Waals surface area contributed by atoms with Crippen LogP contribution in [0, 0.1) is 11.7 Å². The second-order valence-electron chi connectivity index (χ2n) is 5.32. The standard InChI is InChI=1S/C15H17FN2O/c1-18-9-13(12-7-11(16)5-6-14(12)18)15(19)17-8-10-3-2-4-10/h5-7,9-10H,2-4,8H2,1H3,(H,17,19). The van der Waals surface area contributed by atoms with Gasteiger partial charge in [0.25, 0.3) is 5.91 Å². The normalized spacial score (nSPS) is 15.5. The van der Waals surface area contributed by atoms with Crippen molar-refractivity contribution in [3.05, 3.63) is 35.8 Å². The van der Waals surface area contributed by atoms with Gasteiger partial charge in [0, 0.05) is 30.7 Å². The van der Waals surface area contributed by atoms with E-state index in [0.29, 0.717) is 16.9 Å². The molecule has 0 aliphatic heterocycles. The number of aromatic nitrogens is 1. The predicted molar refractivity (Wildman–Crippen MR) is 72.6 cm³/mol. The molecule has 1 heterocycles. The van der Waals surface area contributed by atoms with Crippen molar-refractivity contribution in [1.82, 2.24) is 9.88 Å². The van der Waals surface area contributed by atoms with Crippen molar-refractivity contribution in [3.63, 3.8) is 0 Å². The first kappa shape index (κ1) is 12.2. The summed E-state index contributed by atoms with van der Waals surface area (Å²) in [4.78, 5) is 12.2. The molecule has 0 atom stereocenters. The van der Waals surface area contributed by atoms with Crippen molar-refractivity contribution in [2.24, 2.45) is 13.0 Å². The molecule has 1 aliphatic rings. The fourth-order valence-corrected chi connectivity index (χ4v) is 2.57. The minimum Gasteiger partial charge on any atom is -0.352 e. The van der Waals surface area contributed by atoms with E-state index < -0.39 is 0 Å². The molecular formula is C15H17FN2O. The van der Waals surface area contributed by atoms with Crippen LogP contribution in [0.15, 0.2) is 24.4 Å². The van der Waals surface area contributed by atoms with Crippen LogP contribution < -0.4 is 5.32 Å². The highest BCUT2D eigenvalue weighted by Gasteiger charge is 2.20. The summed E-state index contributed by atoms with van der Waals surface area (Å²) < 4.78 is 15.2. The van der Waals surface area contributed by atoms with Gasteiger partial charge < -0.3 is 9.88 Å². The van der Waals surface area contributed by atoms with Crippen LogP contribution in [-0.4, -0.2) is 17.0 Å². The Morgan fingerprint density at radius 1 is 1.47 bits per heavy atom. The average Bonchev–Trinajstić information content (AvgIpc) is 2.64. The average molecular weight is 260 g/mol. The van der Waals surface area contributed by atoms with Gasteiger partial charge in [0.1, 0.15) is 5.82 Å². The summed E-state index contributed by atoms with van der Waals surface area (Å²) in [5, 5.41) is 3.63. The third-order valence-corrected chi connectivity index (χ3v) is 3.97. The van der Waals surface area contributed by atoms with Crippen LogP contribution in [0.3, 0.4) is 0 Å². The minimum absolute atomic E-state index is 0.108. The first-order valence-electron chi connectivity index (χ1n) is 6.68. The van der Waals surface area contributed by atoms with Crippen molar-refractivity contribution >= 4 is 16.8 Å². The van der Waals surface area contributed by atoms with Crippen molar-refractivity contribution < 1.29 is 9.18 Å². The molecule has 0 bridgehead atoms. The highest BCUT2D eigenvalue weighted by Crippen LogP contribution is 2.26. The Hall–Kier alpha value is -1.84. The molecule has 3 nitrogen and oxygen atoms in total. The molecule has 1 saturated carbocycles. The number of hydrogen-bond donors (Lipinski definition) is 1. The van der Waals surface area contributed by atoms with Gasteiger partial charge in [-0.1, -0.05) is 6.42 Å². The number of amides is 1. The zero-order chi connectivity index (χ0) is 13.4. The van der Waals surface area contributed by atoms with Gasteiger partial charge in [0.2, 0.25) is 0 Å². The Bertz CT molecular complexity index is 628. The van der Waals surface area contributed by atoms with Crippen LogP contribution in [0.25, 0.3) is 10.9 Å². The maximum Gasteiger partial charge on any atom is 0.253 e. The molecule has 1 aromatic heterocycles. The van der Waals surface area contributed by atoms with Crippen LogP contribution in [0.1, 0.15) is 29.6 Å².